The lowest BCUT2D eigenvalue weighted by Gasteiger charge is -2.25. The van der Waals surface area contributed by atoms with Crippen LogP contribution in [0.25, 0.3) is 0 Å². The Labute approximate surface area is 232 Å². The van der Waals surface area contributed by atoms with E-state index in [0.717, 1.165) is 41.8 Å². The van der Waals surface area contributed by atoms with Crippen molar-refractivity contribution in [1.82, 2.24) is 10.4 Å². The number of nitrogens with one attached hydrogen (secondary N) is 2. The van der Waals surface area contributed by atoms with Crippen molar-refractivity contribution in [2.24, 2.45) is 5.14 Å². The average molecular weight is 543 g/mol. The van der Waals surface area contributed by atoms with Crippen LogP contribution in [0.1, 0.15) is 47.6 Å². The fraction of sp³-hybridized carbons (Fsp3) is 0.250. The molecule has 0 atom stereocenters. The van der Waals surface area contributed by atoms with Crippen LogP contribution in [-0.4, -0.2) is 20.0 Å². The van der Waals surface area contributed by atoms with Crippen molar-refractivity contribution in [3.63, 3.8) is 0 Å². The lowest BCUT2D eigenvalue weighted by Crippen LogP contribution is -2.36. The van der Waals surface area contributed by atoms with Gasteiger partial charge in [0.25, 0.3) is 0 Å². The summed E-state index contributed by atoms with van der Waals surface area (Å²) in [5.74, 6) is 0. The van der Waals surface area contributed by atoms with Gasteiger partial charge in [0.05, 0.1) is 4.90 Å². The van der Waals surface area contributed by atoms with E-state index < -0.39 is 10.0 Å². The highest BCUT2D eigenvalue weighted by atomic mass is 32.2. The smallest absolute Gasteiger partial charge is 0.238 e. The molecule has 0 aliphatic carbocycles. The van der Waals surface area contributed by atoms with Gasteiger partial charge in [-0.15, -0.1) is 0 Å². The quantitative estimate of drug-likeness (QED) is 0.138. The van der Waals surface area contributed by atoms with Crippen molar-refractivity contribution in [2.45, 2.75) is 50.7 Å². The minimum atomic E-state index is -3.96. The van der Waals surface area contributed by atoms with Gasteiger partial charge in [-0.25, -0.2) is 18.6 Å². The summed E-state index contributed by atoms with van der Waals surface area (Å²) in [5.41, 5.74) is 9.29. The lowest BCUT2D eigenvalue weighted by molar-refractivity contribution is 0.164. The van der Waals surface area contributed by atoms with Gasteiger partial charge < -0.3 is 5.32 Å². The van der Waals surface area contributed by atoms with E-state index in [0.29, 0.717) is 31.6 Å². The van der Waals surface area contributed by atoms with Crippen LogP contribution in [0.4, 0.5) is 5.69 Å². The number of hydrogen-bond acceptors (Lipinski definition) is 5. The van der Waals surface area contributed by atoms with Crippen LogP contribution in [0, 0.1) is 0 Å². The number of nitrogens with zero attached hydrogens (tertiary/aromatic N) is 1. The highest BCUT2D eigenvalue weighted by molar-refractivity contribution is 7.89. The number of benzene rings is 4. The number of hydrogen-bond donors (Lipinski definition) is 3. The Balaban J connectivity index is 1.69. The molecular formula is C32H38N4O2S. The molecule has 0 spiro atoms. The molecule has 0 aliphatic heterocycles. The number of rotatable bonds is 14. The predicted octanol–water partition coefficient (Wildman–Crippen LogP) is 5.84. The Bertz CT molecular complexity index is 1410. The lowest BCUT2D eigenvalue weighted by atomic mass is 10.0. The zero-order valence-corrected chi connectivity index (χ0v) is 23.3. The summed E-state index contributed by atoms with van der Waals surface area (Å²) in [6, 6.07) is 34.2. The SMILES string of the molecule is CCCCNc1cc(CN(Cc2ccccc2)NCc2ccccc2)cc(S(N)(=O)=O)c1Cc1ccccc1. The molecule has 0 aliphatic rings. The highest BCUT2D eigenvalue weighted by Crippen LogP contribution is 2.29. The third kappa shape index (κ3) is 8.76. The molecule has 4 aromatic carbocycles. The second-order valence-corrected chi connectivity index (χ2v) is 11.3. The summed E-state index contributed by atoms with van der Waals surface area (Å²) < 4.78 is 25.8. The van der Waals surface area contributed by atoms with Gasteiger partial charge in [-0.3, -0.25) is 5.43 Å². The van der Waals surface area contributed by atoms with Gasteiger partial charge >= 0.3 is 0 Å². The van der Waals surface area contributed by atoms with Crippen LogP contribution in [0.2, 0.25) is 0 Å². The van der Waals surface area contributed by atoms with Crippen molar-refractivity contribution in [3.05, 3.63) is 131 Å². The molecule has 0 heterocycles. The first-order valence-corrected chi connectivity index (χ1v) is 15.0. The van der Waals surface area contributed by atoms with Gasteiger partial charge in [0.1, 0.15) is 0 Å². The average Bonchev–Trinajstić information content (AvgIpc) is 2.94. The number of nitrogens with two attached hydrogens (primary N) is 1. The fourth-order valence-corrected chi connectivity index (χ4v) is 5.42. The first-order valence-electron chi connectivity index (χ1n) is 13.4. The number of sulfonamides is 1. The Kier molecular flexibility index (Phi) is 10.3. The molecule has 6 nitrogen and oxygen atoms in total. The van der Waals surface area contributed by atoms with Crippen molar-refractivity contribution in [3.8, 4) is 0 Å². The molecule has 0 bridgehead atoms. The molecule has 7 heteroatoms. The van der Waals surface area contributed by atoms with Gasteiger partial charge in [-0.2, -0.15) is 0 Å². The van der Waals surface area contributed by atoms with E-state index in [1.54, 1.807) is 6.07 Å². The van der Waals surface area contributed by atoms with Crippen LogP contribution in [0.3, 0.4) is 0 Å². The van der Waals surface area contributed by atoms with E-state index in [2.05, 4.69) is 53.0 Å². The summed E-state index contributed by atoms with van der Waals surface area (Å²) in [5, 5.41) is 11.4. The highest BCUT2D eigenvalue weighted by Gasteiger charge is 2.21. The van der Waals surface area contributed by atoms with Crippen LogP contribution in [0.5, 0.6) is 0 Å². The molecule has 4 N–H and O–H groups in total. The van der Waals surface area contributed by atoms with E-state index in [9.17, 15) is 8.42 Å². The standard InChI is InChI=1S/C32H38N4O2S/c1-2-3-19-34-31-21-29(22-32(39(33,37)38)30(31)20-26-13-7-4-8-14-26)25-36(24-28-17-11-6-12-18-28)35-23-27-15-9-5-10-16-27/h4-18,21-22,34-35H,2-3,19-20,23-25H2,1H3,(H2,33,37,38). The second kappa shape index (κ2) is 14.1. The van der Waals surface area contributed by atoms with Gasteiger partial charge in [0.2, 0.25) is 10.0 Å². The summed E-state index contributed by atoms with van der Waals surface area (Å²) in [6.45, 7) is 4.70. The van der Waals surface area contributed by atoms with E-state index in [-0.39, 0.29) is 4.90 Å². The summed E-state index contributed by atoms with van der Waals surface area (Å²) >= 11 is 0. The van der Waals surface area contributed by atoms with E-state index in [1.165, 1.54) is 5.56 Å². The third-order valence-corrected chi connectivity index (χ3v) is 7.56. The molecular weight excluding hydrogens is 504 g/mol. The molecule has 0 unspecified atom stereocenters. The number of primary sulfonamides is 1. The molecule has 0 amide bonds. The monoisotopic (exact) mass is 542 g/mol. The topological polar surface area (TPSA) is 87.5 Å². The predicted molar refractivity (Wildman–Crippen MR) is 159 cm³/mol. The molecule has 0 saturated carbocycles. The summed E-state index contributed by atoms with van der Waals surface area (Å²) in [4.78, 5) is 0.172. The molecule has 204 valence electrons. The van der Waals surface area contributed by atoms with Gasteiger partial charge in [0.15, 0.2) is 0 Å². The third-order valence-electron chi connectivity index (χ3n) is 6.58. The molecule has 0 saturated heterocycles. The maximum atomic E-state index is 12.9. The first kappa shape index (κ1) is 28.5. The van der Waals surface area contributed by atoms with Gasteiger partial charge in [-0.05, 0) is 46.4 Å². The van der Waals surface area contributed by atoms with Crippen molar-refractivity contribution < 1.29 is 8.42 Å². The largest absolute Gasteiger partial charge is 0.385 e. The number of unbranched alkanes of at least 4 members (excludes halogenated alkanes) is 1. The molecule has 0 fully saturated rings. The Hall–Kier alpha value is -3.49. The number of hydrazine groups is 1. The number of anilines is 1. The minimum absolute atomic E-state index is 0.172. The van der Waals surface area contributed by atoms with Crippen LogP contribution in [-0.2, 0) is 36.1 Å². The molecule has 39 heavy (non-hydrogen) atoms. The first-order chi connectivity index (χ1) is 18.9. The molecule has 4 rings (SSSR count). The van der Waals surface area contributed by atoms with E-state index in [1.807, 2.05) is 66.7 Å². The van der Waals surface area contributed by atoms with Crippen molar-refractivity contribution >= 4 is 15.7 Å². The van der Waals surface area contributed by atoms with E-state index >= 15 is 0 Å². The maximum Gasteiger partial charge on any atom is 0.238 e. The maximum absolute atomic E-state index is 12.9. The van der Waals surface area contributed by atoms with Crippen LogP contribution in [0.15, 0.2) is 108 Å². The molecule has 0 radical (unpaired) electrons. The second-order valence-electron chi connectivity index (χ2n) is 9.77. The molecule has 4 aromatic rings. The molecule has 0 aromatic heterocycles. The zero-order chi connectivity index (χ0) is 27.5. The van der Waals surface area contributed by atoms with Crippen molar-refractivity contribution in [2.75, 3.05) is 11.9 Å². The zero-order valence-electron chi connectivity index (χ0n) is 22.5. The fourth-order valence-electron chi connectivity index (χ4n) is 4.58. The minimum Gasteiger partial charge on any atom is -0.385 e. The Morgan fingerprint density at radius 3 is 1.90 bits per heavy atom. The summed E-state index contributed by atoms with van der Waals surface area (Å²) in [7, 11) is -3.96. The summed E-state index contributed by atoms with van der Waals surface area (Å²) in [6.07, 6.45) is 2.50. The van der Waals surface area contributed by atoms with Crippen molar-refractivity contribution in [1.29, 1.82) is 0 Å². The van der Waals surface area contributed by atoms with E-state index in [4.69, 9.17) is 5.14 Å². The van der Waals surface area contributed by atoms with Gasteiger partial charge in [0, 0.05) is 38.3 Å². The van der Waals surface area contributed by atoms with Crippen LogP contribution >= 0.6 is 0 Å². The van der Waals surface area contributed by atoms with Gasteiger partial charge in [-0.1, -0.05) is 104 Å². The normalized spacial score (nSPS) is 11.6. The Morgan fingerprint density at radius 1 is 0.744 bits per heavy atom. The van der Waals surface area contributed by atoms with Crippen LogP contribution < -0.4 is 15.9 Å². The Morgan fingerprint density at radius 2 is 1.31 bits per heavy atom.